The smallest absolute Gasteiger partial charge is 0.259 e. The number of nitrogens with one attached hydrogen (secondary N) is 1. The molecule has 0 spiro atoms. The maximum Gasteiger partial charge on any atom is 0.259 e. The summed E-state index contributed by atoms with van der Waals surface area (Å²) in [6, 6.07) is 23.7. The van der Waals surface area contributed by atoms with Gasteiger partial charge in [-0.05, 0) is 42.0 Å². The summed E-state index contributed by atoms with van der Waals surface area (Å²) in [5, 5.41) is 11.4. The largest absolute Gasteiger partial charge is 0.488 e. The van der Waals surface area contributed by atoms with E-state index >= 15 is 0 Å². The zero-order valence-corrected chi connectivity index (χ0v) is 16.5. The first-order valence-electron chi connectivity index (χ1n) is 8.53. The molecule has 1 N–H and O–H groups in total. The standard InChI is InChI=1S/C22H17BrN2O3/c23-17-6-3-5-16(13-17)15-28-21-10-2-1-9-20(21)22(26)25-18-7-4-8-19(14-18)27-12-11-24/h1-10,13-14H,12,15H2,(H,25,26). The summed E-state index contributed by atoms with van der Waals surface area (Å²) >= 11 is 3.44. The van der Waals surface area contributed by atoms with Crippen LogP contribution in [-0.2, 0) is 6.61 Å². The summed E-state index contributed by atoms with van der Waals surface area (Å²) in [6.45, 7) is 0.297. The molecule has 0 radical (unpaired) electrons. The number of nitrogens with zero attached hydrogens (tertiary/aromatic N) is 1. The minimum Gasteiger partial charge on any atom is -0.488 e. The normalized spacial score (nSPS) is 10.0. The SMILES string of the molecule is N#CCOc1cccc(NC(=O)c2ccccc2OCc2cccc(Br)c2)c1. The first-order valence-corrected chi connectivity index (χ1v) is 9.32. The zero-order chi connectivity index (χ0) is 19.8. The van der Waals surface area contributed by atoms with Crippen LogP contribution in [0.5, 0.6) is 11.5 Å². The highest BCUT2D eigenvalue weighted by Gasteiger charge is 2.13. The first-order chi connectivity index (χ1) is 13.7. The monoisotopic (exact) mass is 436 g/mol. The van der Waals surface area contributed by atoms with Gasteiger partial charge in [0.15, 0.2) is 6.61 Å². The Morgan fingerprint density at radius 1 is 1.00 bits per heavy atom. The van der Waals surface area contributed by atoms with Crippen molar-refractivity contribution in [3.05, 3.63) is 88.4 Å². The number of ether oxygens (including phenoxy) is 2. The van der Waals surface area contributed by atoms with Crippen LogP contribution in [-0.4, -0.2) is 12.5 Å². The third kappa shape index (κ3) is 5.35. The molecule has 140 valence electrons. The average Bonchev–Trinajstić information content (AvgIpc) is 2.71. The first kappa shape index (κ1) is 19.5. The Hall–Kier alpha value is -3.30. The van der Waals surface area contributed by atoms with Gasteiger partial charge < -0.3 is 14.8 Å². The highest BCUT2D eigenvalue weighted by atomic mass is 79.9. The number of carbonyl (C=O) groups excluding carboxylic acids is 1. The van der Waals surface area contributed by atoms with Crippen LogP contribution in [0.25, 0.3) is 0 Å². The van der Waals surface area contributed by atoms with Crippen molar-refractivity contribution in [3.8, 4) is 17.6 Å². The van der Waals surface area contributed by atoms with Crippen LogP contribution in [0, 0.1) is 11.3 Å². The van der Waals surface area contributed by atoms with E-state index in [1.165, 1.54) is 0 Å². The van der Waals surface area contributed by atoms with E-state index in [9.17, 15) is 4.79 Å². The molecule has 28 heavy (non-hydrogen) atoms. The third-order valence-corrected chi connectivity index (χ3v) is 4.30. The fraction of sp³-hybridized carbons (Fsp3) is 0.0909. The maximum atomic E-state index is 12.7. The predicted molar refractivity (Wildman–Crippen MR) is 110 cm³/mol. The van der Waals surface area contributed by atoms with Gasteiger partial charge in [0.2, 0.25) is 0 Å². The predicted octanol–water partition coefficient (Wildman–Crippen LogP) is 5.18. The van der Waals surface area contributed by atoms with Gasteiger partial charge in [-0.2, -0.15) is 5.26 Å². The van der Waals surface area contributed by atoms with Crippen LogP contribution >= 0.6 is 15.9 Å². The van der Waals surface area contributed by atoms with Crippen molar-refractivity contribution >= 4 is 27.5 Å². The molecule has 0 aromatic heterocycles. The lowest BCUT2D eigenvalue weighted by Gasteiger charge is -2.12. The number of benzene rings is 3. The minimum atomic E-state index is -0.290. The third-order valence-electron chi connectivity index (χ3n) is 3.81. The number of nitriles is 1. The van der Waals surface area contributed by atoms with Gasteiger partial charge in [0.1, 0.15) is 24.2 Å². The van der Waals surface area contributed by atoms with E-state index in [1.807, 2.05) is 36.4 Å². The zero-order valence-electron chi connectivity index (χ0n) is 14.9. The molecule has 0 aliphatic carbocycles. The van der Waals surface area contributed by atoms with Gasteiger partial charge in [-0.15, -0.1) is 0 Å². The van der Waals surface area contributed by atoms with E-state index in [1.54, 1.807) is 42.5 Å². The van der Waals surface area contributed by atoms with E-state index in [0.29, 0.717) is 29.4 Å². The summed E-state index contributed by atoms with van der Waals surface area (Å²) in [4.78, 5) is 12.7. The lowest BCUT2D eigenvalue weighted by Crippen LogP contribution is -2.13. The Morgan fingerprint density at radius 2 is 1.82 bits per heavy atom. The molecule has 0 aliphatic rings. The fourth-order valence-electron chi connectivity index (χ4n) is 2.55. The van der Waals surface area contributed by atoms with Gasteiger partial charge >= 0.3 is 0 Å². The molecular formula is C22H17BrN2O3. The molecule has 0 aliphatic heterocycles. The Morgan fingerprint density at radius 3 is 2.64 bits per heavy atom. The van der Waals surface area contributed by atoms with E-state index < -0.39 is 0 Å². The summed E-state index contributed by atoms with van der Waals surface area (Å²) in [6.07, 6.45) is 0. The number of hydrogen-bond donors (Lipinski definition) is 1. The van der Waals surface area contributed by atoms with Gasteiger partial charge in [-0.3, -0.25) is 4.79 Å². The number of rotatable bonds is 7. The number of halogens is 1. The molecule has 3 aromatic carbocycles. The molecule has 0 unspecified atom stereocenters. The van der Waals surface area contributed by atoms with Crippen molar-refractivity contribution in [1.29, 1.82) is 5.26 Å². The van der Waals surface area contributed by atoms with Crippen molar-refractivity contribution in [1.82, 2.24) is 0 Å². The topological polar surface area (TPSA) is 71.3 Å². The molecule has 0 fully saturated rings. The Bertz CT molecular complexity index is 1010. The molecule has 0 heterocycles. The number of amides is 1. The van der Waals surface area contributed by atoms with Crippen LogP contribution in [0.1, 0.15) is 15.9 Å². The second-order valence-corrected chi connectivity index (χ2v) is 6.76. The van der Waals surface area contributed by atoms with Crippen molar-refractivity contribution < 1.29 is 14.3 Å². The van der Waals surface area contributed by atoms with E-state index in [-0.39, 0.29) is 12.5 Å². The number of anilines is 1. The number of carbonyl (C=O) groups is 1. The Balaban J connectivity index is 1.71. The van der Waals surface area contributed by atoms with E-state index in [4.69, 9.17) is 14.7 Å². The van der Waals surface area contributed by atoms with Crippen molar-refractivity contribution in [2.24, 2.45) is 0 Å². The lowest BCUT2D eigenvalue weighted by atomic mass is 10.1. The molecule has 0 atom stereocenters. The molecule has 0 saturated heterocycles. The van der Waals surface area contributed by atoms with Gasteiger partial charge in [0.25, 0.3) is 5.91 Å². The number of para-hydroxylation sites is 1. The van der Waals surface area contributed by atoms with Gasteiger partial charge in [-0.1, -0.05) is 46.3 Å². The highest BCUT2D eigenvalue weighted by Crippen LogP contribution is 2.23. The minimum absolute atomic E-state index is 0.0519. The van der Waals surface area contributed by atoms with Crippen LogP contribution in [0.3, 0.4) is 0 Å². The van der Waals surface area contributed by atoms with Gasteiger partial charge in [0, 0.05) is 16.2 Å². The molecule has 0 bridgehead atoms. The second-order valence-electron chi connectivity index (χ2n) is 5.84. The Kier molecular flexibility index (Phi) is 6.66. The molecule has 0 saturated carbocycles. The molecule has 3 rings (SSSR count). The van der Waals surface area contributed by atoms with Crippen LogP contribution < -0.4 is 14.8 Å². The Labute approximate surface area is 171 Å². The maximum absolute atomic E-state index is 12.7. The second kappa shape index (κ2) is 9.58. The van der Waals surface area contributed by atoms with Crippen molar-refractivity contribution in [3.63, 3.8) is 0 Å². The summed E-state index contributed by atoms with van der Waals surface area (Å²) < 4.78 is 12.1. The number of hydrogen-bond acceptors (Lipinski definition) is 4. The fourth-order valence-corrected chi connectivity index (χ4v) is 2.99. The summed E-state index contributed by atoms with van der Waals surface area (Å²) in [5.41, 5.74) is 2.00. The van der Waals surface area contributed by atoms with Crippen LogP contribution in [0.15, 0.2) is 77.3 Å². The quantitative estimate of drug-likeness (QED) is 0.553. The molecular weight excluding hydrogens is 420 g/mol. The molecule has 6 heteroatoms. The van der Waals surface area contributed by atoms with Crippen LogP contribution in [0.4, 0.5) is 5.69 Å². The summed E-state index contributed by atoms with van der Waals surface area (Å²) in [7, 11) is 0. The van der Waals surface area contributed by atoms with E-state index in [0.717, 1.165) is 10.0 Å². The average molecular weight is 437 g/mol. The van der Waals surface area contributed by atoms with E-state index in [2.05, 4.69) is 21.2 Å². The molecule has 3 aromatic rings. The highest BCUT2D eigenvalue weighted by molar-refractivity contribution is 9.10. The summed E-state index contributed by atoms with van der Waals surface area (Å²) in [5.74, 6) is 0.720. The van der Waals surface area contributed by atoms with Crippen LogP contribution in [0.2, 0.25) is 0 Å². The molecule has 5 nitrogen and oxygen atoms in total. The lowest BCUT2D eigenvalue weighted by molar-refractivity contribution is 0.102. The van der Waals surface area contributed by atoms with Gasteiger partial charge in [0.05, 0.1) is 5.56 Å². The van der Waals surface area contributed by atoms with Crippen molar-refractivity contribution in [2.75, 3.05) is 11.9 Å². The molecule has 1 amide bonds. The van der Waals surface area contributed by atoms with Crippen molar-refractivity contribution in [2.45, 2.75) is 6.61 Å². The van der Waals surface area contributed by atoms with Gasteiger partial charge in [-0.25, -0.2) is 0 Å².